The Balaban J connectivity index is 1.94. The zero-order valence-electron chi connectivity index (χ0n) is 17.9. The topological polar surface area (TPSA) is 50.1 Å². The molecule has 0 heterocycles. The van der Waals surface area contributed by atoms with Crippen LogP contribution < -0.4 is 0 Å². The largest absolute Gasteiger partial charge is 0.459 e. The van der Waals surface area contributed by atoms with Crippen molar-refractivity contribution < 1.29 is 9.53 Å². The molecule has 146 valence electrons. The molecule has 3 heteroatoms. The average Bonchev–Trinajstić information content (AvgIpc) is 2.52. The van der Waals surface area contributed by atoms with Crippen LogP contribution in [0.3, 0.4) is 0 Å². The van der Waals surface area contributed by atoms with Gasteiger partial charge >= 0.3 is 5.97 Å². The summed E-state index contributed by atoms with van der Waals surface area (Å²) >= 11 is 0. The Morgan fingerprint density at radius 1 is 1.04 bits per heavy atom. The first kappa shape index (κ1) is 19.7. The van der Waals surface area contributed by atoms with Crippen molar-refractivity contribution in [2.45, 2.75) is 99.0 Å². The molecule has 3 nitrogen and oxygen atoms in total. The maximum Gasteiger partial charge on any atom is 0.312 e. The molecule has 0 N–H and O–H groups in total. The summed E-state index contributed by atoms with van der Waals surface area (Å²) < 4.78 is 6.25. The van der Waals surface area contributed by atoms with Gasteiger partial charge in [0.2, 0.25) is 0 Å². The minimum atomic E-state index is -0.481. The Morgan fingerprint density at radius 2 is 1.54 bits per heavy atom. The summed E-state index contributed by atoms with van der Waals surface area (Å²) in [5.74, 6) is 1.29. The smallest absolute Gasteiger partial charge is 0.312 e. The zero-order chi connectivity index (χ0) is 19.6. The number of hydrogen-bond donors (Lipinski definition) is 0. The second-order valence-corrected chi connectivity index (χ2v) is 11.4. The van der Waals surface area contributed by atoms with Crippen LogP contribution in [0.25, 0.3) is 0 Å². The number of rotatable bonds is 5. The number of ether oxygens (including phenoxy) is 1. The highest BCUT2D eigenvalue weighted by atomic mass is 16.6. The van der Waals surface area contributed by atoms with Crippen molar-refractivity contribution in [3.05, 3.63) is 0 Å². The Kier molecular flexibility index (Phi) is 4.34. The Bertz CT molecular complexity index is 623. The van der Waals surface area contributed by atoms with Crippen LogP contribution in [0.15, 0.2) is 0 Å². The molecule has 0 saturated heterocycles. The maximum absolute atomic E-state index is 12.9. The molecule has 0 aromatic carbocycles. The number of carbonyl (C=O) groups is 1. The third-order valence-electron chi connectivity index (χ3n) is 8.73. The van der Waals surface area contributed by atoms with Gasteiger partial charge in [0.15, 0.2) is 0 Å². The Morgan fingerprint density at radius 3 is 2.00 bits per heavy atom. The number of carbonyl (C=O) groups excluding carboxylic acids is 1. The SMILES string of the molecule is CCC(C)(C)C(=O)OC(C)(C)C12CC3C[C@H](CC(C(C)(C)C#N)(C3)C1)C2. The van der Waals surface area contributed by atoms with Gasteiger partial charge in [0.05, 0.1) is 16.9 Å². The van der Waals surface area contributed by atoms with Crippen LogP contribution in [0.5, 0.6) is 0 Å². The highest BCUT2D eigenvalue weighted by Gasteiger charge is 2.67. The van der Waals surface area contributed by atoms with Gasteiger partial charge in [-0.25, -0.2) is 0 Å². The van der Waals surface area contributed by atoms with E-state index in [0.717, 1.165) is 25.7 Å². The van der Waals surface area contributed by atoms with Crippen molar-refractivity contribution in [2.24, 2.45) is 33.5 Å². The molecular weight excluding hydrogens is 322 g/mol. The summed E-state index contributed by atoms with van der Waals surface area (Å²) in [6.07, 6.45) is 7.77. The lowest BCUT2D eigenvalue weighted by Crippen LogP contribution is -2.63. The lowest BCUT2D eigenvalue weighted by Gasteiger charge is -2.68. The van der Waals surface area contributed by atoms with Gasteiger partial charge in [0, 0.05) is 5.41 Å². The molecule has 0 amide bonds. The van der Waals surface area contributed by atoms with Crippen molar-refractivity contribution in [1.82, 2.24) is 0 Å². The van der Waals surface area contributed by atoms with E-state index in [4.69, 9.17) is 4.74 Å². The predicted molar refractivity (Wildman–Crippen MR) is 103 cm³/mol. The van der Waals surface area contributed by atoms with E-state index in [-0.39, 0.29) is 22.2 Å². The van der Waals surface area contributed by atoms with Gasteiger partial charge in [-0.2, -0.15) is 5.26 Å². The molecule has 0 aromatic heterocycles. The minimum absolute atomic E-state index is 0.0185. The molecule has 3 unspecified atom stereocenters. The van der Waals surface area contributed by atoms with E-state index in [1.54, 1.807) is 0 Å². The third-order valence-corrected chi connectivity index (χ3v) is 8.73. The molecule has 4 fully saturated rings. The van der Waals surface area contributed by atoms with Crippen molar-refractivity contribution in [1.29, 1.82) is 5.26 Å². The lowest BCUT2D eigenvalue weighted by atomic mass is 9.37. The Labute approximate surface area is 159 Å². The molecule has 4 aliphatic rings. The predicted octanol–water partition coefficient (Wildman–Crippen LogP) is 5.88. The van der Waals surface area contributed by atoms with Gasteiger partial charge in [0.1, 0.15) is 5.60 Å². The van der Waals surface area contributed by atoms with Crippen LogP contribution in [-0.2, 0) is 9.53 Å². The van der Waals surface area contributed by atoms with Crippen LogP contribution in [-0.4, -0.2) is 11.6 Å². The first-order valence-corrected chi connectivity index (χ1v) is 10.5. The minimum Gasteiger partial charge on any atom is -0.459 e. The highest BCUT2D eigenvalue weighted by Crippen LogP contribution is 2.72. The summed E-state index contributed by atoms with van der Waals surface area (Å²) in [6.45, 7) is 14.5. The van der Waals surface area contributed by atoms with Crippen LogP contribution in [0.1, 0.15) is 93.4 Å². The molecule has 4 saturated carbocycles. The van der Waals surface area contributed by atoms with Crippen LogP contribution in [0.4, 0.5) is 0 Å². The monoisotopic (exact) mass is 359 g/mol. The fourth-order valence-electron chi connectivity index (χ4n) is 6.44. The summed E-state index contributed by atoms with van der Waals surface area (Å²) in [7, 11) is 0. The number of hydrogen-bond acceptors (Lipinski definition) is 3. The normalized spacial score (nSPS) is 36.7. The second kappa shape index (κ2) is 5.73. The van der Waals surface area contributed by atoms with Gasteiger partial charge in [-0.05, 0) is 104 Å². The Hall–Kier alpha value is -1.04. The molecule has 4 aliphatic carbocycles. The van der Waals surface area contributed by atoms with Gasteiger partial charge in [-0.3, -0.25) is 4.79 Å². The number of nitrogens with zero attached hydrogens (tertiary/aromatic N) is 1. The van der Waals surface area contributed by atoms with E-state index in [2.05, 4.69) is 33.8 Å². The molecular formula is C23H37NO2. The average molecular weight is 360 g/mol. The van der Waals surface area contributed by atoms with E-state index in [0.29, 0.717) is 11.8 Å². The van der Waals surface area contributed by atoms with Crippen LogP contribution in [0, 0.1) is 44.8 Å². The first-order valence-electron chi connectivity index (χ1n) is 10.5. The summed E-state index contributed by atoms with van der Waals surface area (Å²) in [4.78, 5) is 12.9. The quantitative estimate of drug-likeness (QED) is 0.576. The van der Waals surface area contributed by atoms with Crippen LogP contribution >= 0.6 is 0 Å². The molecule has 0 aromatic rings. The molecule has 26 heavy (non-hydrogen) atoms. The fraction of sp³-hybridized carbons (Fsp3) is 0.913. The lowest BCUT2D eigenvalue weighted by molar-refractivity contribution is -0.231. The van der Waals surface area contributed by atoms with Gasteiger partial charge in [-0.15, -0.1) is 0 Å². The first-order chi connectivity index (χ1) is 11.8. The van der Waals surface area contributed by atoms with E-state index in [9.17, 15) is 10.1 Å². The molecule has 0 aliphatic heterocycles. The van der Waals surface area contributed by atoms with Crippen molar-refractivity contribution in [3.8, 4) is 6.07 Å². The molecule has 4 rings (SSSR count). The molecule has 4 bridgehead atoms. The maximum atomic E-state index is 12.9. The van der Waals surface area contributed by atoms with E-state index in [1.165, 1.54) is 19.3 Å². The molecule has 0 spiro atoms. The van der Waals surface area contributed by atoms with Crippen molar-refractivity contribution in [3.63, 3.8) is 0 Å². The van der Waals surface area contributed by atoms with Gasteiger partial charge < -0.3 is 4.74 Å². The zero-order valence-corrected chi connectivity index (χ0v) is 17.9. The molecule has 0 radical (unpaired) electrons. The standard InChI is InChI=1S/C23H37NO2/c1-8-19(2,3)18(25)26-21(6,7)23-12-16-9-17(13-23)11-22(10-16,14-23)20(4,5)15-24/h16-17H,8-14H2,1-7H3/t16-,17?,22?,23?/m1/s1. The third kappa shape index (κ3) is 2.71. The van der Waals surface area contributed by atoms with E-state index < -0.39 is 11.0 Å². The van der Waals surface area contributed by atoms with E-state index >= 15 is 0 Å². The van der Waals surface area contributed by atoms with Gasteiger partial charge in [0.25, 0.3) is 0 Å². The van der Waals surface area contributed by atoms with Crippen molar-refractivity contribution in [2.75, 3.05) is 0 Å². The summed E-state index contributed by atoms with van der Waals surface area (Å²) in [6, 6.07) is 2.63. The number of esters is 1. The van der Waals surface area contributed by atoms with Crippen molar-refractivity contribution >= 4 is 5.97 Å². The second-order valence-electron chi connectivity index (χ2n) is 11.4. The molecule has 4 atom stereocenters. The summed E-state index contributed by atoms with van der Waals surface area (Å²) in [5, 5.41) is 9.89. The van der Waals surface area contributed by atoms with Crippen LogP contribution in [0.2, 0.25) is 0 Å². The highest BCUT2D eigenvalue weighted by molar-refractivity contribution is 5.76. The van der Waals surface area contributed by atoms with Gasteiger partial charge in [-0.1, -0.05) is 6.92 Å². The summed E-state index contributed by atoms with van der Waals surface area (Å²) in [5.41, 5.74) is -1.15. The van der Waals surface area contributed by atoms with E-state index in [1.807, 2.05) is 20.8 Å². The number of nitriles is 1. The fourth-order valence-corrected chi connectivity index (χ4v) is 6.44.